The van der Waals surface area contributed by atoms with Gasteiger partial charge in [0.1, 0.15) is 0 Å². The van der Waals surface area contributed by atoms with Crippen molar-refractivity contribution in [3.63, 3.8) is 0 Å². The molecule has 6 heteroatoms. The number of nitro benzene ring substituents is 1. The predicted octanol–water partition coefficient (Wildman–Crippen LogP) is 3.59. The van der Waals surface area contributed by atoms with Crippen LogP contribution in [0.3, 0.4) is 0 Å². The van der Waals surface area contributed by atoms with Crippen LogP contribution in [0.1, 0.15) is 17.7 Å². The average molecular weight is 318 g/mol. The van der Waals surface area contributed by atoms with Crippen molar-refractivity contribution in [1.82, 2.24) is 5.32 Å². The minimum atomic E-state index is -0.329. The van der Waals surface area contributed by atoms with Crippen LogP contribution in [0.25, 0.3) is 10.4 Å². The second-order valence-corrected chi connectivity index (χ2v) is 6.47. The number of rotatable bonds is 6. The van der Waals surface area contributed by atoms with E-state index in [-0.39, 0.29) is 10.6 Å². The van der Waals surface area contributed by atoms with Gasteiger partial charge in [0, 0.05) is 35.5 Å². The van der Waals surface area contributed by atoms with Crippen LogP contribution in [0.5, 0.6) is 0 Å². The number of hydrogen-bond acceptors (Lipinski definition) is 5. The second-order valence-electron chi connectivity index (χ2n) is 5.31. The lowest BCUT2D eigenvalue weighted by molar-refractivity contribution is -0.384. The first-order chi connectivity index (χ1) is 10.7. The highest BCUT2D eigenvalue weighted by Crippen LogP contribution is 2.34. The molecule has 22 heavy (non-hydrogen) atoms. The number of thiophene rings is 1. The molecule has 0 saturated carbocycles. The van der Waals surface area contributed by atoms with Crippen molar-refractivity contribution in [1.29, 1.82) is 0 Å². The van der Waals surface area contributed by atoms with Gasteiger partial charge in [-0.2, -0.15) is 0 Å². The maximum absolute atomic E-state index is 11.1. The molecule has 0 amide bonds. The highest BCUT2D eigenvalue weighted by molar-refractivity contribution is 7.15. The molecule has 2 heterocycles. The van der Waals surface area contributed by atoms with Crippen LogP contribution in [0.2, 0.25) is 0 Å². The Kier molecular flexibility index (Phi) is 4.82. The van der Waals surface area contributed by atoms with E-state index < -0.39 is 0 Å². The number of nitro groups is 1. The maximum atomic E-state index is 11.1. The molecule has 1 N–H and O–H groups in total. The summed E-state index contributed by atoms with van der Waals surface area (Å²) in [6.45, 7) is 2.50. The third-order valence-corrected chi connectivity index (χ3v) is 4.84. The van der Waals surface area contributed by atoms with E-state index in [0.717, 1.165) is 37.4 Å². The molecular weight excluding hydrogens is 300 g/mol. The molecule has 116 valence electrons. The van der Waals surface area contributed by atoms with Crippen LogP contribution < -0.4 is 5.32 Å². The highest BCUT2D eigenvalue weighted by Gasteiger charge is 2.17. The van der Waals surface area contributed by atoms with Gasteiger partial charge in [-0.05, 0) is 31.0 Å². The zero-order chi connectivity index (χ0) is 15.4. The molecule has 5 nitrogen and oxygen atoms in total. The first-order valence-corrected chi connectivity index (χ1v) is 8.20. The molecule has 1 aliphatic rings. The van der Waals surface area contributed by atoms with Gasteiger partial charge in [0.25, 0.3) is 5.69 Å². The first-order valence-electron chi connectivity index (χ1n) is 7.39. The van der Waals surface area contributed by atoms with Gasteiger partial charge in [0.2, 0.25) is 0 Å². The third kappa shape index (κ3) is 3.52. The molecule has 0 spiro atoms. The number of benzene rings is 1. The number of nitrogens with zero attached hydrogens (tertiary/aromatic N) is 1. The molecule has 2 aromatic rings. The largest absolute Gasteiger partial charge is 0.377 e. The summed E-state index contributed by atoms with van der Waals surface area (Å²) in [6, 6.07) is 10.9. The fourth-order valence-corrected chi connectivity index (χ4v) is 3.63. The van der Waals surface area contributed by atoms with Crippen LogP contribution in [-0.4, -0.2) is 24.2 Å². The van der Waals surface area contributed by atoms with E-state index in [2.05, 4.69) is 5.32 Å². The van der Waals surface area contributed by atoms with Crippen molar-refractivity contribution in [3.05, 3.63) is 51.4 Å². The normalized spacial score (nSPS) is 17.7. The molecule has 1 aliphatic heterocycles. The van der Waals surface area contributed by atoms with Gasteiger partial charge >= 0.3 is 0 Å². The van der Waals surface area contributed by atoms with E-state index in [0.29, 0.717) is 11.7 Å². The topological polar surface area (TPSA) is 64.4 Å². The summed E-state index contributed by atoms with van der Waals surface area (Å²) in [5.41, 5.74) is 0.839. The molecule has 0 aliphatic carbocycles. The molecule has 1 fully saturated rings. The number of nitrogens with one attached hydrogen (secondary N) is 1. The van der Waals surface area contributed by atoms with Gasteiger partial charge < -0.3 is 10.1 Å². The Hall–Kier alpha value is -1.76. The number of hydrogen-bond donors (Lipinski definition) is 1. The summed E-state index contributed by atoms with van der Waals surface area (Å²) in [7, 11) is 0. The Balaban J connectivity index is 1.64. The van der Waals surface area contributed by atoms with Crippen molar-refractivity contribution in [3.8, 4) is 10.4 Å². The number of ether oxygens (including phenoxy) is 1. The Morgan fingerprint density at radius 1 is 1.32 bits per heavy atom. The minimum absolute atomic E-state index is 0.156. The van der Waals surface area contributed by atoms with E-state index in [1.807, 2.05) is 18.2 Å². The summed E-state index contributed by atoms with van der Waals surface area (Å²) < 4.78 is 5.57. The van der Waals surface area contributed by atoms with Crippen molar-refractivity contribution in [2.75, 3.05) is 13.2 Å². The molecule has 1 atom stereocenters. The first kappa shape index (κ1) is 15.1. The van der Waals surface area contributed by atoms with E-state index in [9.17, 15) is 10.1 Å². The molecule has 0 radical (unpaired) electrons. The van der Waals surface area contributed by atoms with E-state index in [1.165, 1.54) is 4.88 Å². The lowest BCUT2D eigenvalue weighted by Gasteiger charge is -2.09. The van der Waals surface area contributed by atoms with Gasteiger partial charge in [-0.1, -0.05) is 12.1 Å². The van der Waals surface area contributed by atoms with Gasteiger partial charge in [-0.3, -0.25) is 10.1 Å². The zero-order valence-corrected chi connectivity index (χ0v) is 13.0. The van der Waals surface area contributed by atoms with Crippen LogP contribution in [0.4, 0.5) is 5.69 Å². The highest BCUT2D eigenvalue weighted by atomic mass is 32.1. The SMILES string of the molecule is O=[N+]([O-])c1ccccc1-c1ccc(CNCC2CCCO2)s1. The van der Waals surface area contributed by atoms with E-state index in [1.54, 1.807) is 29.5 Å². The summed E-state index contributed by atoms with van der Waals surface area (Å²) in [4.78, 5) is 12.9. The Labute approximate surface area is 133 Å². The molecule has 3 rings (SSSR count). The van der Waals surface area contributed by atoms with Gasteiger partial charge in [0.15, 0.2) is 0 Å². The van der Waals surface area contributed by atoms with Crippen LogP contribution >= 0.6 is 11.3 Å². The summed E-state index contributed by atoms with van der Waals surface area (Å²) in [6.07, 6.45) is 2.60. The van der Waals surface area contributed by atoms with Gasteiger partial charge in [0.05, 0.1) is 16.6 Å². The standard InChI is InChI=1S/C16H18N2O3S/c19-18(20)15-6-2-1-5-14(15)16-8-7-13(22-16)11-17-10-12-4-3-9-21-12/h1-2,5-8,12,17H,3-4,9-11H2. The average Bonchev–Trinajstić information content (AvgIpc) is 3.19. The third-order valence-electron chi connectivity index (χ3n) is 3.72. The lowest BCUT2D eigenvalue weighted by Crippen LogP contribution is -2.25. The summed E-state index contributed by atoms with van der Waals surface area (Å²) in [5, 5.41) is 14.5. The van der Waals surface area contributed by atoms with Crippen molar-refractivity contribution >= 4 is 17.0 Å². The molecule has 1 aromatic heterocycles. The van der Waals surface area contributed by atoms with Gasteiger partial charge in [-0.25, -0.2) is 0 Å². The fraction of sp³-hybridized carbons (Fsp3) is 0.375. The maximum Gasteiger partial charge on any atom is 0.278 e. The monoisotopic (exact) mass is 318 g/mol. The fourth-order valence-electron chi connectivity index (χ4n) is 2.62. The van der Waals surface area contributed by atoms with Crippen molar-refractivity contribution in [2.24, 2.45) is 0 Å². The Morgan fingerprint density at radius 3 is 2.95 bits per heavy atom. The molecular formula is C16H18N2O3S. The van der Waals surface area contributed by atoms with Crippen LogP contribution in [0, 0.1) is 10.1 Å². The number of para-hydroxylation sites is 1. The second kappa shape index (κ2) is 7.00. The van der Waals surface area contributed by atoms with E-state index >= 15 is 0 Å². The minimum Gasteiger partial charge on any atom is -0.377 e. The quantitative estimate of drug-likeness (QED) is 0.653. The molecule has 1 unspecified atom stereocenters. The molecule has 1 aromatic carbocycles. The summed E-state index contributed by atoms with van der Waals surface area (Å²) in [5.74, 6) is 0. The summed E-state index contributed by atoms with van der Waals surface area (Å²) >= 11 is 1.59. The van der Waals surface area contributed by atoms with Crippen molar-refractivity contribution in [2.45, 2.75) is 25.5 Å². The molecule has 1 saturated heterocycles. The zero-order valence-electron chi connectivity index (χ0n) is 12.2. The van der Waals surface area contributed by atoms with Crippen LogP contribution in [0.15, 0.2) is 36.4 Å². The Morgan fingerprint density at radius 2 is 2.18 bits per heavy atom. The Bertz CT molecular complexity index is 650. The van der Waals surface area contributed by atoms with Crippen LogP contribution in [-0.2, 0) is 11.3 Å². The lowest BCUT2D eigenvalue weighted by atomic mass is 10.1. The molecule has 0 bridgehead atoms. The predicted molar refractivity (Wildman–Crippen MR) is 87.1 cm³/mol. The van der Waals surface area contributed by atoms with Crippen molar-refractivity contribution < 1.29 is 9.66 Å². The van der Waals surface area contributed by atoms with E-state index in [4.69, 9.17) is 4.74 Å². The van der Waals surface area contributed by atoms with Gasteiger partial charge in [-0.15, -0.1) is 11.3 Å². The smallest absolute Gasteiger partial charge is 0.278 e.